The van der Waals surface area contributed by atoms with Gasteiger partial charge in [0, 0.05) is 12.5 Å². The molecule has 0 saturated carbocycles. The molecule has 50 valence electrons. The largest absolute Gasteiger partial charge is 0.350 e. The molecule has 9 heavy (non-hydrogen) atoms. The molecule has 3 nitrogen and oxygen atoms in total. The Labute approximate surface area is 53.3 Å². The van der Waals surface area contributed by atoms with Crippen molar-refractivity contribution in [3.63, 3.8) is 0 Å². The zero-order valence-corrected chi connectivity index (χ0v) is 5.04. The summed E-state index contributed by atoms with van der Waals surface area (Å²) in [5.41, 5.74) is 0. The Balaban J connectivity index is 1.90. The van der Waals surface area contributed by atoms with E-state index in [1.165, 1.54) is 0 Å². The third-order valence-electron chi connectivity index (χ3n) is 2.35. The van der Waals surface area contributed by atoms with Crippen molar-refractivity contribution in [1.29, 1.82) is 0 Å². The summed E-state index contributed by atoms with van der Waals surface area (Å²) < 4.78 is 10.8. The molecule has 3 saturated heterocycles. The number of rotatable bonds is 0. The standard InChI is InChI=1S/C6H9NO2/c1-3-6(7-3)4-2-8-5(1)9-4/h3-7H,1-2H2/t3-,4-,5-,6-/m1/s1. The van der Waals surface area contributed by atoms with Crippen LogP contribution in [0, 0.1) is 0 Å². The fourth-order valence-electron chi connectivity index (χ4n) is 1.77. The fraction of sp³-hybridized carbons (Fsp3) is 1.00. The summed E-state index contributed by atoms with van der Waals surface area (Å²) in [6, 6.07) is 1.35. The highest BCUT2D eigenvalue weighted by Crippen LogP contribution is 2.34. The van der Waals surface area contributed by atoms with Gasteiger partial charge in [0.05, 0.1) is 12.6 Å². The van der Waals surface area contributed by atoms with Gasteiger partial charge in [0.15, 0.2) is 6.29 Å². The third-order valence-corrected chi connectivity index (χ3v) is 2.35. The first-order valence-electron chi connectivity index (χ1n) is 3.46. The lowest BCUT2D eigenvalue weighted by atomic mass is 10.1. The Hall–Kier alpha value is -0.120. The average molecular weight is 127 g/mol. The van der Waals surface area contributed by atoms with Crippen molar-refractivity contribution in [2.45, 2.75) is 30.9 Å². The van der Waals surface area contributed by atoms with Crippen molar-refractivity contribution in [2.24, 2.45) is 0 Å². The third kappa shape index (κ3) is 0.520. The van der Waals surface area contributed by atoms with Gasteiger partial charge in [-0.3, -0.25) is 0 Å². The summed E-state index contributed by atoms with van der Waals surface area (Å²) in [7, 11) is 0. The number of hydrogen-bond acceptors (Lipinski definition) is 3. The second kappa shape index (κ2) is 1.31. The molecule has 3 heteroatoms. The van der Waals surface area contributed by atoms with Crippen LogP contribution >= 0.6 is 0 Å². The zero-order chi connectivity index (χ0) is 5.84. The van der Waals surface area contributed by atoms with Crippen LogP contribution in [0.5, 0.6) is 0 Å². The van der Waals surface area contributed by atoms with E-state index >= 15 is 0 Å². The molecule has 0 aromatic rings. The van der Waals surface area contributed by atoms with E-state index in [4.69, 9.17) is 9.47 Å². The molecule has 1 N–H and O–H groups in total. The van der Waals surface area contributed by atoms with E-state index in [0.29, 0.717) is 12.1 Å². The lowest BCUT2D eigenvalue weighted by Gasteiger charge is -2.13. The maximum atomic E-state index is 5.47. The van der Waals surface area contributed by atoms with E-state index in [0.717, 1.165) is 19.1 Å². The highest BCUT2D eigenvalue weighted by atomic mass is 16.7. The van der Waals surface area contributed by atoms with Crippen molar-refractivity contribution in [3.8, 4) is 0 Å². The van der Waals surface area contributed by atoms with E-state index in [-0.39, 0.29) is 6.29 Å². The van der Waals surface area contributed by atoms with Crippen molar-refractivity contribution < 1.29 is 9.47 Å². The smallest absolute Gasteiger partial charge is 0.159 e. The van der Waals surface area contributed by atoms with Crippen LogP contribution in [0.15, 0.2) is 0 Å². The highest BCUT2D eigenvalue weighted by molar-refractivity contribution is 5.08. The summed E-state index contributed by atoms with van der Waals surface area (Å²) in [6.45, 7) is 0.804. The Kier molecular flexibility index (Phi) is 0.678. The van der Waals surface area contributed by atoms with Gasteiger partial charge in [0.1, 0.15) is 6.10 Å². The summed E-state index contributed by atoms with van der Waals surface area (Å²) >= 11 is 0. The molecule has 0 spiro atoms. The molecular weight excluding hydrogens is 118 g/mol. The molecule has 2 bridgehead atoms. The normalized spacial score (nSPS) is 61.3. The quantitative estimate of drug-likeness (QED) is 0.445. The van der Waals surface area contributed by atoms with Gasteiger partial charge in [-0.25, -0.2) is 0 Å². The average Bonchev–Trinajstić information content (AvgIpc) is 2.50. The Morgan fingerprint density at radius 1 is 1.44 bits per heavy atom. The maximum absolute atomic E-state index is 5.47. The van der Waals surface area contributed by atoms with Gasteiger partial charge in [0.25, 0.3) is 0 Å². The van der Waals surface area contributed by atoms with E-state index in [2.05, 4.69) is 5.32 Å². The van der Waals surface area contributed by atoms with Gasteiger partial charge < -0.3 is 14.8 Å². The summed E-state index contributed by atoms with van der Waals surface area (Å²) in [4.78, 5) is 0. The van der Waals surface area contributed by atoms with Crippen LogP contribution in [0.4, 0.5) is 0 Å². The molecule has 0 aromatic carbocycles. The lowest BCUT2D eigenvalue weighted by molar-refractivity contribution is -0.0725. The molecule has 0 amide bonds. The molecule has 3 rings (SSSR count). The molecule has 3 aliphatic heterocycles. The number of fused-ring (bicyclic) bond motifs is 4. The van der Waals surface area contributed by atoms with Crippen LogP contribution < -0.4 is 5.32 Å². The van der Waals surface area contributed by atoms with Crippen LogP contribution in [0.3, 0.4) is 0 Å². The van der Waals surface area contributed by atoms with E-state index in [1.54, 1.807) is 0 Å². The zero-order valence-electron chi connectivity index (χ0n) is 5.04. The van der Waals surface area contributed by atoms with Crippen LogP contribution in [0.25, 0.3) is 0 Å². The number of ether oxygens (including phenoxy) is 2. The molecular formula is C6H9NO2. The first-order chi connectivity index (χ1) is 4.43. The maximum Gasteiger partial charge on any atom is 0.159 e. The van der Waals surface area contributed by atoms with E-state index in [1.807, 2.05) is 0 Å². The van der Waals surface area contributed by atoms with Crippen LogP contribution in [0.1, 0.15) is 6.42 Å². The predicted molar refractivity (Wildman–Crippen MR) is 29.9 cm³/mol. The second-order valence-corrected chi connectivity index (χ2v) is 2.97. The lowest BCUT2D eigenvalue weighted by Crippen LogP contribution is -2.26. The summed E-state index contributed by atoms with van der Waals surface area (Å²) in [5, 5.41) is 3.36. The summed E-state index contributed by atoms with van der Waals surface area (Å²) in [6.07, 6.45) is 1.54. The van der Waals surface area contributed by atoms with E-state index in [9.17, 15) is 0 Å². The van der Waals surface area contributed by atoms with Crippen molar-refractivity contribution in [2.75, 3.05) is 6.61 Å². The van der Waals surface area contributed by atoms with Crippen LogP contribution in [-0.2, 0) is 9.47 Å². The minimum absolute atomic E-state index is 0.117. The van der Waals surface area contributed by atoms with Gasteiger partial charge >= 0.3 is 0 Å². The SMILES string of the molecule is C1[C@@H]2OC[C@@H](O2)[C@@H]2N[C@H]12. The Bertz CT molecular complexity index is 148. The topological polar surface area (TPSA) is 40.4 Å². The second-order valence-electron chi connectivity index (χ2n) is 2.97. The highest BCUT2D eigenvalue weighted by Gasteiger charge is 2.52. The monoisotopic (exact) mass is 127 g/mol. The molecule has 3 fully saturated rings. The Morgan fingerprint density at radius 2 is 2.44 bits per heavy atom. The predicted octanol–water partition coefficient (Wildman–Crippen LogP) is -0.528. The van der Waals surface area contributed by atoms with Crippen molar-refractivity contribution >= 4 is 0 Å². The molecule has 0 aromatic heterocycles. The van der Waals surface area contributed by atoms with Crippen molar-refractivity contribution in [3.05, 3.63) is 0 Å². The van der Waals surface area contributed by atoms with Gasteiger partial charge in [-0.1, -0.05) is 0 Å². The molecule has 3 aliphatic rings. The van der Waals surface area contributed by atoms with Gasteiger partial charge in [-0.2, -0.15) is 0 Å². The Morgan fingerprint density at radius 3 is 3.44 bits per heavy atom. The van der Waals surface area contributed by atoms with Crippen LogP contribution in [0.2, 0.25) is 0 Å². The molecule has 0 radical (unpaired) electrons. The van der Waals surface area contributed by atoms with Crippen molar-refractivity contribution in [1.82, 2.24) is 5.32 Å². The van der Waals surface area contributed by atoms with Crippen LogP contribution in [-0.4, -0.2) is 31.1 Å². The first kappa shape index (κ1) is 4.66. The van der Waals surface area contributed by atoms with Gasteiger partial charge in [-0.15, -0.1) is 0 Å². The fourth-order valence-corrected chi connectivity index (χ4v) is 1.77. The minimum atomic E-state index is 0.117. The van der Waals surface area contributed by atoms with Gasteiger partial charge in [0.2, 0.25) is 0 Å². The number of hydrogen-bond donors (Lipinski definition) is 1. The minimum Gasteiger partial charge on any atom is -0.350 e. The molecule has 3 heterocycles. The van der Waals surface area contributed by atoms with Gasteiger partial charge in [-0.05, 0) is 0 Å². The van der Waals surface area contributed by atoms with E-state index < -0.39 is 0 Å². The summed E-state index contributed by atoms with van der Waals surface area (Å²) in [5.74, 6) is 0. The molecule has 0 aliphatic carbocycles. The first-order valence-corrected chi connectivity index (χ1v) is 3.46. The molecule has 0 unspecified atom stereocenters. The number of nitrogens with one attached hydrogen (secondary N) is 1. The molecule has 4 atom stereocenters.